The predicted octanol–water partition coefficient (Wildman–Crippen LogP) is 2.26. The van der Waals surface area contributed by atoms with Crippen LogP contribution in [0.15, 0.2) is 39.7 Å². The van der Waals surface area contributed by atoms with Gasteiger partial charge in [-0.1, -0.05) is 6.92 Å². The zero-order chi connectivity index (χ0) is 16.1. The van der Waals surface area contributed by atoms with Crippen LogP contribution in [0.2, 0.25) is 0 Å². The van der Waals surface area contributed by atoms with Crippen molar-refractivity contribution >= 4 is 16.9 Å². The zero-order valence-corrected chi connectivity index (χ0v) is 11.7. The van der Waals surface area contributed by atoms with Gasteiger partial charge < -0.3 is 24.1 Å². The summed E-state index contributed by atoms with van der Waals surface area (Å²) in [4.78, 5) is 22.2. The number of carboxylic acid groups (broad SMARTS) is 1. The minimum atomic E-state index is -1.13. The Balaban J connectivity index is 2.43. The third-order valence-corrected chi connectivity index (χ3v) is 2.69. The van der Waals surface area contributed by atoms with E-state index in [0.29, 0.717) is 6.42 Å². The standard InChI is InChI=1S/C15H14O7/c1-2-3-6-20-14-13(18)10-7-9(21-8-12(16)17)4-5-11(10)22-15(14)19/h3-7,18H,2,8H2,1H3,(H,16,17). The van der Waals surface area contributed by atoms with Crippen molar-refractivity contribution < 1.29 is 28.9 Å². The summed E-state index contributed by atoms with van der Waals surface area (Å²) < 4.78 is 15.1. The summed E-state index contributed by atoms with van der Waals surface area (Å²) in [5.41, 5.74) is -0.679. The molecule has 0 amide bonds. The molecule has 0 aliphatic rings. The molecule has 0 atom stereocenters. The molecule has 2 aromatic rings. The van der Waals surface area contributed by atoms with E-state index in [4.69, 9.17) is 19.0 Å². The highest BCUT2D eigenvalue weighted by Gasteiger charge is 2.15. The van der Waals surface area contributed by atoms with Crippen LogP contribution in [0.25, 0.3) is 11.0 Å². The van der Waals surface area contributed by atoms with Crippen molar-refractivity contribution in [3.8, 4) is 17.2 Å². The second-order valence-corrected chi connectivity index (χ2v) is 4.31. The van der Waals surface area contributed by atoms with Crippen molar-refractivity contribution in [3.05, 3.63) is 41.0 Å². The maximum Gasteiger partial charge on any atom is 0.383 e. The van der Waals surface area contributed by atoms with Gasteiger partial charge in [-0.3, -0.25) is 0 Å². The van der Waals surface area contributed by atoms with Crippen LogP contribution in [0.3, 0.4) is 0 Å². The lowest BCUT2D eigenvalue weighted by Gasteiger charge is -2.07. The smallest absolute Gasteiger partial charge is 0.383 e. The second-order valence-electron chi connectivity index (χ2n) is 4.31. The SMILES string of the molecule is CCC=COc1c(O)c2cc(OCC(=O)O)ccc2oc1=O. The van der Waals surface area contributed by atoms with Gasteiger partial charge in [0.2, 0.25) is 0 Å². The summed E-state index contributed by atoms with van der Waals surface area (Å²) in [6.07, 6.45) is 3.64. The van der Waals surface area contributed by atoms with Crippen molar-refractivity contribution in [1.82, 2.24) is 0 Å². The quantitative estimate of drug-likeness (QED) is 0.622. The summed E-state index contributed by atoms with van der Waals surface area (Å²) in [7, 11) is 0. The van der Waals surface area contributed by atoms with Gasteiger partial charge in [0.25, 0.3) is 5.75 Å². The number of allylic oxidation sites excluding steroid dienone is 1. The molecule has 22 heavy (non-hydrogen) atoms. The molecule has 0 spiro atoms. The van der Waals surface area contributed by atoms with Crippen molar-refractivity contribution in [2.75, 3.05) is 6.61 Å². The van der Waals surface area contributed by atoms with E-state index in [1.165, 1.54) is 24.5 Å². The Hall–Kier alpha value is -2.96. The summed E-state index contributed by atoms with van der Waals surface area (Å²) in [5, 5.41) is 18.9. The average molecular weight is 306 g/mol. The fraction of sp³-hybridized carbons (Fsp3) is 0.200. The lowest BCUT2D eigenvalue weighted by Crippen LogP contribution is -2.09. The van der Waals surface area contributed by atoms with Gasteiger partial charge in [0.05, 0.1) is 11.6 Å². The largest absolute Gasteiger partial charge is 0.504 e. The highest BCUT2D eigenvalue weighted by molar-refractivity contribution is 5.86. The monoisotopic (exact) mass is 306 g/mol. The number of hydrogen-bond donors (Lipinski definition) is 2. The second kappa shape index (κ2) is 6.66. The first-order valence-electron chi connectivity index (χ1n) is 6.49. The Kier molecular flexibility index (Phi) is 4.67. The minimum Gasteiger partial charge on any atom is -0.504 e. The molecule has 7 heteroatoms. The fourth-order valence-electron chi connectivity index (χ4n) is 1.70. The van der Waals surface area contributed by atoms with Gasteiger partial charge in [0, 0.05) is 0 Å². The van der Waals surface area contributed by atoms with Crippen molar-refractivity contribution in [1.29, 1.82) is 0 Å². The van der Waals surface area contributed by atoms with Crippen LogP contribution in [0.1, 0.15) is 13.3 Å². The number of rotatable bonds is 6. The number of ether oxygens (including phenoxy) is 2. The predicted molar refractivity (Wildman–Crippen MR) is 77.3 cm³/mol. The van der Waals surface area contributed by atoms with Crippen molar-refractivity contribution in [2.45, 2.75) is 13.3 Å². The Labute approximate surface area is 125 Å². The van der Waals surface area contributed by atoms with Gasteiger partial charge in [-0.2, -0.15) is 0 Å². The molecular formula is C15H14O7. The number of aliphatic carboxylic acids is 1. The molecule has 0 aliphatic carbocycles. The lowest BCUT2D eigenvalue weighted by atomic mass is 10.2. The van der Waals surface area contributed by atoms with Crippen LogP contribution in [0, 0.1) is 0 Å². The summed E-state index contributed by atoms with van der Waals surface area (Å²) >= 11 is 0. The molecule has 2 N–H and O–H groups in total. The molecule has 0 saturated carbocycles. The van der Waals surface area contributed by atoms with E-state index in [2.05, 4.69) is 0 Å². The van der Waals surface area contributed by atoms with E-state index in [-0.39, 0.29) is 22.5 Å². The summed E-state index contributed by atoms with van der Waals surface area (Å²) in [6.45, 7) is 1.36. The number of aromatic hydroxyl groups is 1. The molecule has 0 unspecified atom stereocenters. The van der Waals surface area contributed by atoms with E-state index in [0.717, 1.165) is 0 Å². The molecule has 0 fully saturated rings. The van der Waals surface area contributed by atoms with Crippen LogP contribution < -0.4 is 15.1 Å². The molecular weight excluding hydrogens is 292 g/mol. The highest BCUT2D eigenvalue weighted by atomic mass is 16.5. The first-order chi connectivity index (χ1) is 10.5. The van der Waals surface area contributed by atoms with Crippen LogP contribution in [-0.2, 0) is 4.79 Å². The molecule has 0 saturated heterocycles. The normalized spacial score (nSPS) is 11.0. The van der Waals surface area contributed by atoms with Gasteiger partial charge >= 0.3 is 11.6 Å². The first kappa shape index (κ1) is 15.4. The van der Waals surface area contributed by atoms with Gasteiger partial charge in [0.1, 0.15) is 11.3 Å². The number of fused-ring (bicyclic) bond motifs is 1. The highest BCUT2D eigenvalue weighted by Crippen LogP contribution is 2.33. The third kappa shape index (κ3) is 3.38. The van der Waals surface area contributed by atoms with Crippen LogP contribution in [0.4, 0.5) is 0 Å². The molecule has 0 aliphatic heterocycles. The summed E-state index contributed by atoms with van der Waals surface area (Å²) in [5.74, 6) is -1.65. The Morgan fingerprint density at radius 1 is 1.41 bits per heavy atom. The van der Waals surface area contributed by atoms with Crippen LogP contribution in [-0.4, -0.2) is 22.8 Å². The van der Waals surface area contributed by atoms with E-state index in [1.54, 1.807) is 6.08 Å². The molecule has 0 radical (unpaired) electrons. The first-order valence-corrected chi connectivity index (χ1v) is 6.49. The van der Waals surface area contributed by atoms with Gasteiger partial charge in [-0.15, -0.1) is 0 Å². The van der Waals surface area contributed by atoms with Crippen LogP contribution >= 0.6 is 0 Å². The number of benzene rings is 1. The lowest BCUT2D eigenvalue weighted by molar-refractivity contribution is -0.139. The molecule has 0 bridgehead atoms. The molecule has 1 aromatic heterocycles. The van der Waals surface area contributed by atoms with Crippen molar-refractivity contribution in [3.63, 3.8) is 0 Å². The third-order valence-electron chi connectivity index (χ3n) is 2.69. The molecule has 1 aromatic carbocycles. The van der Waals surface area contributed by atoms with Crippen molar-refractivity contribution in [2.24, 2.45) is 0 Å². The number of hydrogen-bond acceptors (Lipinski definition) is 6. The van der Waals surface area contributed by atoms with Crippen LogP contribution in [0.5, 0.6) is 17.2 Å². The maximum absolute atomic E-state index is 11.8. The van der Waals surface area contributed by atoms with Gasteiger partial charge in [-0.05, 0) is 30.7 Å². The number of carboxylic acids is 1. The minimum absolute atomic E-state index is 0.136. The van der Waals surface area contributed by atoms with E-state index >= 15 is 0 Å². The molecule has 1 heterocycles. The fourth-order valence-corrected chi connectivity index (χ4v) is 1.70. The molecule has 2 rings (SSSR count). The molecule has 116 valence electrons. The topological polar surface area (TPSA) is 106 Å². The Bertz CT molecular complexity index is 773. The van der Waals surface area contributed by atoms with Gasteiger partial charge in [-0.25, -0.2) is 9.59 Å². The molecule has 7 nitrogen and oxygen atoms in total. The van der Waals surface area contributed by atoms with E-state index in [1.807, 2.05) is 6.92 Å². The van der Waals surface area contributed by atoms with Gasteiger partial charge in [0.15, 0.2) is 12.4 Å². The number of carbonyl (C=O) groups is 1. The average Bonchev–Trinajstić information content (AvgIpc) is 2.49. The maximum atomic E-state index is 11.8. The summed E-state index contributed by atoms with van der Waals surface area (Å²) in [6, 6.07) is 4.21. The van der Waals surface area contributed by atoms with E-state index in [9.17, 15) is 14.7 Å². The zero-order valence-electron chi connectivity index (χ0n) is 11.7. The van der Waals surface area contributed by atoms with E-state index < -0.39 is 24.0 Å². The Morgan fingerprint density at radius 3 is 2.86 bits per heavy atom. The Morgan fingerprint density at radius 2 is 2.18 bits per heavy atom.